The van der Waals surface area contributed by atoms with Crippen molar-refractivity contribution in [2.75, 3.05) is 26.8 Å². The van der Waals surface area contributed by atoms with Gasteiger partial charge in [0.2, 0.25) is 5.91 Å². The molecule has 2 heterocycles. The molecule has 198 valence electrons. The minimum absolute atomic E-state index is 0.144. The Labute approximate surface area is 225 Å². The summed E-state index contributed by atoms with van der Waals surface area (Å²) in [4.78, 5) is 20.3. The quantitative estimate of drug-likeness (QED) is 0.290. The van der Waals surface area contributed by atoms with E-state index in [1.54, 1.807) is 7.11 Å². The summed E-state index contributed by atoms with van der Waals surface area (Å²) in [6.45, 7) is 3.07. The van der Waals surface area contributed by atoms with Crippen LogP contribution in [0.5, 0.6) is 0 Å². The van der Waals surface area contributed by atoms with Crippen molar-refractivity contribution >= 4 is 16.9 Å². The van der Waals surface area contributed by atoms with Crippen molar-refractivity contribution in [1.29, 1.82) is 0 Å². The molecular formula is C32H38N4O2. The van der Waals surface area contributed by atoms with Gasteiger partial charge in [-0.25, -0.2) is 4.98 Å². The van der Waals surface area contributed by atoms with Crippen LogP contribution in [0.2, 0.25) is 0 Å². The Hall–Kier alpha value is -3.48. The molecule has 2 N–H and O–H groups in total. The maximum Gasteiger partial charge on any atom is 0.224 e. The van der Waals surface area contributed by atoms with Gasteiger partial charge >= 0.3 is 0 Å². The van der Waals surface area contributed by atoms with Crippen LogP contribution in [0.25, 0.3) is 22.2 Å². The average Bonchev–Trinajstić information content (AvgIpc) is 3.33. The zero-order valence-corrected chi connectivity index (χ0v) is 22.3. The number of amides is 1. The third kappa shape index (κ3) is 6.14. The normalized spacial score (nSPS) is 16.6. The Morgan fingerprint density at radius 2 is 1.76 bits per heavy atom. The molecule has 3 aromatic carbocycles. The second-order valence-corrected chi connectivity index (χ2v) is 10.4. The second kappa shape index (κ2) is 12.4. The van der Waals surface area contributed by atoms with Gasteiger partial charge < -0.3 is 19.9 Å². The molecule has 4 aromatic rings. The van der Waals surface area contributed by atoms with E-state index >= 15 is 0 Å². The Balaban J connectivity index is 1.21. The number of fused-ring (bicyclic) bond motifs is 1. The number of hydrogen-bond acceptors (Lipinski definition) is 4. The standard InChI is InChI=1S/C32H38N4O2/c1-38-20-8-19-36-30-13-6-5-12-29(30)34-32(36)27-11-7-18-35(23-27)31(37)22-28(33)21-24-14-16-26(17-15-24)25-9-3-2-4-10-25/h2-6,9-10,12-17,27-28H,7-8,11,18-23,33H2,1H3/t27-,28-/m1/s1. The molecule has 1 saturated heterocycles. The van der Waals surface area contributed by atoms with Crippen molar-refractivity contribution in [2.24, 2.45) is 5.73 Å². The molecule has 0 spiro atoms. The number of carbonyl (C=O) groups is 1. The number of ether oxygens (including phenoxy) is 1. The highest BCUT2D eigenvalue weighted by Crippen LogP contribution is 2.30. The van der Waals surface area contributed by atoms with E-state index < -0.39 is 0 Å². The first kappa shape index (κ1) is 26.1. The Morgan fingerprint density at radius 3 is 2.55 bits per heavy atom. The molecule has 1 fully saturated rings. The fraction of sp³-hybridized carbons (Fsp3) is 0.375. The van der Waals surface area contributed by atoms with Gasteiger partial charge in [-0.2, -0.15) is 0 Å². The molecule has 0 aliphatic carbocycles. The molecule has 0 bridgehead atoms. The smallest absolute Gasteiger partial charge is 0.224 e. The fourth-order valence-electron chi connectivity index (χ4n) is 5.61. The summed E-state index contributed by atoms with van der Waals surface area (Å²) in [6.07, 6.45) is 4.00. The third-order valence-corrected chi connectivity index (χ3v) is 7.55. The predicted octanol–water partition coefficient (Wildman–Crippen LogP) is 5.41. The molecule has 6 nitrogen and oxygen atoms in total. The Bertz CT molecular complexity index is 1330. The maximum absolute atomic E-state index is 13.3. The highest BCUT2D eigenvalue weighted by molar-refractivity contribution is 5.78. The van der Waals surface area contributed by atoms with E-state index in [2.05, 4.69) is 59.2 Å². The summed E-state index contributed by atoms with van der Waals surface area (Å²) in [7, 11) is 1.74. The Morgan fingerprint density at radius 1 is 1.03 bits per heavy atom. The number of aryl methyl sites for hydroxylation is 1. The Kier molecular flexibility index (Phi) is 8.51. The molecule has 0 radical (unpaired) electrons. The highest BCUT2D eigenvalue weighted by Gasteiger charge is 2.29. The predicted molar refractivity (Wildman–Crippen MR) is 153 cm³/mol. The first-order chi connectivity index (χ1) is 18.6. The molecular weight excluding hydrogens is 472 g/mol. The number of imidazole rings is 1. The molecule has 1 aliphatic rings. The van der Waals surface area contributed by atoms with Gasteiger partial charge in [-0.05, 0) is 54.5 Å². The van der Waals surface area contributed by atoms with Gasteiger partial charge in [0.15, 0.2) is 0 Å². The van der Waals surface area contributed by atoms with Crippen molar-refractivity contribution in [1.82, 2.24) is 14.5 Å². The van der Waals surface area contributed by atoms with Gasteiger partial charge in [0.25, 0.3) is 0 Å². The number of piperidine rings is 1. The lowest BCUT2D eigenvalue weighted by molar-refractivity contribution is -0.132. The molecule has 2 atom stereocenters. The van der Waals surface area contributed by atoms with Gasteiger partial charge in [0.1, 0.15) is 5.82 Å². The number of nitrogens with zero attached hydrogens (tertiary/aromatic N) is 3. The van der Waals surface area contributed by atoms with Crippen LogP contribution in [-0.2, 0) is 22.5 Å². The summed E-state index contributed by atoms with van der Waals surface area (Å²) in [6, 6.07) is 27.0. The first-order valence-corrected chi connectivity index (χ1v) is 13.7. The lowest BCUT2D eigenvalue weighted by atomic mass is 9.95. The molecule has 1 amide bonds. The molecule has 38 heavy (non-hydrogen) atoms. The van der Waals surface area contributed by atoms with E-state index in [1.807, 2.05) is 29.2 Å². The first-order valence-electron chi connectivity index (χ1n) is 13.7. The zero-order chi connectivity index (χ0) is 26.3. The van der Waals surface area contributed by atoms with E-state index in [-0.39, 0.29) is 17.9 Å². The van der Waals surface area contributed by atoms with Crippen LogP contribution in [0.1, 0.15) is 43.0 Å². The van der Waals surface area contributed by atoms with Crippen LogP contribution in [0.4, 0.5) is 0 Å². The second-order valence-electron chi connectivity index (χ2n) is 10.4. The van der Waals surface area contributed by atoms with Crippen LogP contribution in [0.15, 0.2) is 78.9 Å². The lowest BCUT2D eigenvalue weighted by Gasteiger charge is -2.33. The van der Waals surface area contributed by atoms with Gasteiger partial charge in [0.05, 0.1) is 11.0 Å². The fourth-order valence-corrected chi connectivity index (χ4v) is 5.61. The van der Waals surface area contributed by atoms with Crippen molar-refractivity contribution in [3.05, 3.63) is 90.3 Å². The number of rotatable bonds is 10. The van der Waals surface area contributed by atoms with Crippen molar-refractivity contribution in [3.63, 3.8) is 0 Å². The summed E-state index contributed by atoms with van der Waals surface area (Å²) in [5, 5.41) is 0. The van der Waals surface area contributed by atoms with Gasteiger partial charge in [-0.1, -0.05) is 66.7 Å². The third-order valence-electron chi connectivity index (χ3n) is 7.55. The van der Waals surface area contributed by atoms with Crippen LogP contribution >= 0.6 is 0 Å². The monoisotopic (exact) mass is 510 g/mol. The van der Waals surface area contributed by atoms with E-state index in [4.69, 9.17) is 15.5 Å². The van der Waals surface area contributed by atoms with Crippen LogP contribution in [0, 0.1) is 0 Å². The molecule has 1 aliphatic heterocycles. The molecule has 0 unspecified atom stereocenters. The van der Waals surface area contributed by atoms with Gasteiger partial charge in [-0.3, -0.25) is 4.79 Å². The van der Waals surface area contributed by atoms with E-state index in [0.29, 0.717) is 26.0 Å². The summed E-state index contributed by atoms with van der Waals surface area (Å²) < 4.78 is 7.62. The van der Waals surface area contributed by atoms with E-state index in [9.17, 15) is 4.79 Å². The van der Waals surface area contributed by atoms with Crippen molar-refractivity contribution in [3.8, 4) is 11.1 Å². The number of hydrogen-bond donors (Lipinski definition) is 1. The summed E-state index contributed by atoms with van der Waals surface area (Å²) in [5.74, 6) is 1.46. The number of nitrogens with two attached hydrogens (primary N) is 1. The lowest BCUT2D eigenvalue weighted by Crippen LogP contribution is -2.42. The van der Waals surface area contributed by atoms with Gasteiger partial charge in [0, 0.05) is 51.7 Å². The number of benzene rings is 3. The largest absolute Gasteiger partial charge is 0.385 e. The number of carbonyl (C=O) groups excluding carboxylic acids is 1. The molecule has 1 aromatic heterocycles. The average molecular weight is 511 g/mol. The molecule has 6 heteroatoms. The molecule has 5 rings (SSSR count). The minimum atomic E-state index is -0.205. The number of likely N-dealkylation sites (tertiary alicyclic amines) is 1. The van der Waals surface area contributed by atoms with Crippen molar-refractivity contribution < 1.29 is 9.53 Å². The van der Waals surface area contributed by atoms with Crippen LogP contribution in [0.3, 0.4) is 0 Å². The SMILES string of the molecule is COCCCn1c([C@@H]2CCCN(C(=O)C[C@H](N)Cc3ccc(-c4ccccc4)cc3)C2)nc2ccccc21. The maximum atomic E-state index is 13.3. The number of aromatic nitrogens is 2. The number of methoxy groups -OCH3 is 1. The van der Waals surface area contributed by atoms with Gasteiger partial charge in [-0.15, -0.1) is 0 Å². The number of para-hydroxylation sites is 2. The topological polar surface area (TPSA) is 73.4 Å². The van der Waals surface area contributed by atoms with E-state index in [1.165, 1.54) is 11.1 Å². The van der Waals surface area contributed by atoms with Crippen LogP contribution in [-0.4, -0.2) is 53.2 Å². The minimum Gasteiger partial charge on any atom is -0.385 e. The van der Waals surface area contributed by atoms with Crippen molar-refractivity contribution in [2.45, 2.75) is 50.6 Å². The summed E-state index contributed by atoms with van der Waals surface area (Å²) >= 11 is 0. The zero-order valence-electron chi connectivity index (χ0n) is 22.3. The molecule has 0 saturated carbocycles. The van der Waals surface area contributed by atoms with E-state index in [0.717, 1.165) is 54.8 Å². The summed E-state index contributed by atoms with van der Waals surface area (Å²) in [5.41, 5.74) is 12.2. The highest BCUT2D eigenvalue weighted by atomic mass is 16.5. The van der Waals surface area contributed by atoms with Crippen LogP contribution < -0.4 is 5.73 Å².